The average Bonchev–Trinajstić information content (AvgIpc) is 2.66. The molecule has 5 nitrogen and oxygen atoms in total. The van der Waals surface area contributed by atoms with Gasteiger partial charge in [0.1, 0.15) is 0 Å². The molecule has 0 radical (unpaired) electrons. The van der Waals surface area contributed by atoms with E-state index in [0.29, 0.717) is 6.42 Å². The second kappa shape index (κ2) is 15.0. The van der Waals surface area contributed by atoms with Crippen LogP contribution in [-0.4, -0.2) is 55.4 Å². The molecule has 1 amide bonds. The maximum atomic E-state index is 12.1. The van der Waals surface area contributed by atoms with E-state index in [9.17, 15) is 9.59 Å². The monoisotopic (exact) mass is 409 g/mol. The molecule has 1 atom stereocenters. The molecule has 5 heteroatoms. The molecule has 1 heterocycles. The summed E-state index contributed by atoms with van der Waals surface area (Å²) >= 11 is 0. The summed E-state index contributed by atoms with van der Waals surface area (Å²) in [6.07, 6.45) is 13.2. The Hall–Kier alpha value is -0.940. The van der Waals surface area contributed by atoms with Crippen molar-refractivity contribution >= 4 is 11.7 Å². The lowest BCUT2D eigenvalue weighted by atomic mass is 9.84. The molecular formula is C24H47N3O2. The van der Waals surface area contributed by atoms with Gasteiger partial charge in [-0.2, -0.15) is 0 Å². The van der Waals surface area contributed by atoms with Crippen LogP contribution in [0.2, 0.25) is 0 Å². The molecule has 1 saturated heterocycles. The quantitative estimate of drug-likeness (QED) is 0.396. The first-order valence-corrected chi connectivity index (χ1v) is 12.0. The van der Waals surface area contributed by atoms with E-state index in [4.69, 9.17) is 0 Å². The molecule has 170 valence electrons. The third kappa shape index (κ3) is 13.1. The molecule has 1 aliphatic rings. The van der Waals surface area contributed by atoms with Gasteiger partial charge in [0.15, 0.2) is 5.78 Å². The lowest BCUT2D eigenvalue weighted by Gasteiger charge is -2.29. The summed E-state index contributed by atoms with van der Waals surface area (Å²) in [6, 6.07) is -0.383. The van der Waals surface area contributed by atoms with E-state index in [-0.39, 0.29) is 23.1 Å². The van der Waals surface area contributed by atoms with Crippen LogP contribution in [0.15, 0.2) is 0 Å². The maximum absolute atomic E-state index is 12.1. The largest absolute Gasteiger partial charge is 0.346 e. The molecule has 1 rings (SSSR count). The highest BCUT2D eigenvalue weighted by atomic mass is 16.2. The van der Waals surface area contributed by atoms with Crippen LogP contribution in [0.3, 0.4) is 0 Å². The minimum absolute atomic E-state index is 0.0148. The predicted molar refractivity (Wildman–Crippen MR) is 122 cm³/mol. The van der Waals surface area contributed by atoms with E-state index in [2.05, 4.69) is 15.5 Å². The van der Waals surface area contributed by atoms with Crippen molar-refractivity contribution in [3.63, 3.8) is 0 Å². The van der Waals surface area contributed by atoms with Crippen molar-refractivity contribution in [3.8, 4) is 0 Å². The number of piperazine rings is 1. The van der Waals surface area contributed by atoms with E-state index in [1.807, 2.05) is 20.8 Å². The van der Waals surface area contributed by atoms with Crippen LogP contribution in [0.25, 0.3) is 0 Å². The van der Waals surface area contributed by atoms with E-state index in [1.54, 1.807) is 6.92 Å². The second-order valence-electron chi connectivity index (χ2n) is 9.85. The average molecular weight is 410 g/mol. The fourth-order valence-corrected chi connectivity index (χ4v) is 4.13. The molecule has 0 spiro atoms. The van der Waals surface area contributed by atoms with E-state index in [1.165, 1.54) is 71.0 Å². The molecule has 0 aliphatic carbocycles. The Morgan fingerprint density at radius 3 is 1.83 bits per heavy atom. The summed E-state index contributed by atoms with van der Waals surface area (Å²) in [5.74, 6) is 0.0515. The molecule has 0 aromatic heterocycles. The van der Waals surface area contributed by atoms with E-state index < -0.39 is 0 Å². The Labute approximate surface area is 179 Å². The summed E-state index contributed by atoms with van der Waals surface area (Å²) in [4.78, 5) is 26.4. The summed E-state index contributed by atoms with van der Waals surface area (Å²) in [5.41, 5.74) is -0.230. The summed E-state index contributed by atoms with van der Waals surface area (Å²) in [7, 11) is 0. The zero-order valence-corrected chi connectivity index (χ0v) is 19.7. The number of nitrogens with zero attached hydrogens (tertiary/aromatic N) is 1. The van der Waals surface area contributed by atoms with Crippen LogP contribution < -0.4 is 10.6 Å². The van der Waals surface area contributed by atoms with Gasteiger partial charge in [0, 0.05) is 32.6 Å². The molecule has 2 N–H and O–H groups in total. The highest BCUT2D eigenvalue weighted by molar-refractivity contribution is 5.88. The lowest BCUT2D eigenvalue weighted by Crippen LogP contribution is -2.48. The standard InChI is InChI=1S/C24H47N3O2/c1-21(28)23(24(2,3)4)26-22(29)15-13-11-9-7-5-6-8-10-12-14-18-27-19-16-25-17-20-27/h23,25H,5-20H2,1-4H3,(H,26,29). The molecule has 1 aliphatic heterocycles. The highest BCUT2D eigenvalue weighted by Crippen LogP contribution is 2.20. The lowest BCUT2D eigenvalue weighted by molar-refractivity contribution is -0.129. The first kappa shape index (κ1) is 26.1. The van der Waals surface area contributed by atoms with Crippen LogP contribution in [-0.2, 0) is 9.59 Å². The third-order valence-corrected chi connectivity index (χ3v) is 5.92. The van der Waals surface area contributed by atoms with Crippen molar-refractivity contribution < 1.29 is 9.59 Å². The Morgan fingerprint density at radius 2 is 1.34 bits per heavy atom. The van der Waals surface area contributed by atoms with Gasteiger partial charge in [-0.25, -0.2) is 0 Å². The van der Waals surface area contributed by atoms with Crippen molar-refractivity contribution in [1.82, 2.24) is 15.5 Å². The normalized spacial score (nSPS) is 16.6. The van der Waals surface area contributed by atoms with E-state index >= 15 is 0 Å². The Morgan fingerprint density at radius 1 is 0.862 bits per heavy atom. The Kier molecular flexibility index (Phi) is 13.5. The fourth-order valence-electron chi connectivity index (χ4n) is 4.13. The van der Waals surface area contributed by atoms with Gasteiger partial charge in [-0.1, -0.05) is 72.1 Å². The number of ketones is 1. The smallest absolute Gasteiger partial charge is 0.220 e. The first-order valence-electron chi connectivity index (χ1n) is 12.0. The molecule has 29 heavy (non-hydrogen) atoms. The van der Waals surface area contributed by atoms with Gasteiger partial charge in [-0.3, -0.25) is 9.59 Å². The van der Waals surface area contributed by atoms with Crippen molar-refractivity contribution in [2.75, 3.05) is 32.7 Å². The number of carbonyl (C=O) groups is 2. The van der Waals surface area contributed by atoms with E-state index in [0.717, 1.165) is 25.9 Å². The molecule has 0 saturated carbocycles. The summed E-state index contributed by atoms with van der Waals surface area (Å²) in [5, 5.41) is 6.32. The topological polar surface area (TPSA) is 61.4 Å². The fraction of sp³-hybridized carbons (Fsp3) is 0.917. The second-order valence-corrected chi connectivity index (χ2v) is 9.85. The van der Waals surface area contributed by atoms with Gasteiger partial charge in [-0.05, 0) is 31.7 Å². The van der Waals surface area contributed by atoms with Gasteiger partial charge < -0.3 is 15.5 Å². The highest BCUT2D eigenvalue weighted by Gasteiger charge is 2.29. The molecule has 1 unspecified atom stereocenters. The van der Waals surface area contributed by atoms with Crippen LogP contribution in [0, 0.1) is 5.41 Å². The number of hydrogen-bond donors (Lipinski definition) is 2. The van der Waals surface area contributed by atoms with Crippen LogP contribution in [0.1, 0.15) is 98.3 Å². The number of hydrogen-bond acceptors (Lipinski definition) is 4. The molecule has 0 aromatic rings. The van der Waals surface area contributed by atoms with Crippen molar-refractivity contribution in [3.05, 3.63) is 0 Å². The zero-order valence-electron chi connectivity index (χ0n) is 19.7. The number of unbranched alkanes of at least 4 members (excludes halogenated alkanes) is 9. The molecular weight excluding hydrogens is 362 g/mol. The zero-order chi connectivity index (χ0) is 21.5. The van der Waals surface area contributed by atoms with Crippen LogP contribution in [0.4, 0.5) is 0 Å². The van der Waals surface area contributed by atoms with Crippen molar-refractivity contribution in [1.29, 1.82) is 0 Å². The van der Waals surface area contributed by atoms with Gasteiger partial charge in [0.05, 0.1) is 6.04 Å². The number of amides is 1. The number of nitrogens with one attached hydrogen (secondary N) is 2. The summed E-state index contributed by atoms with van der Waals surface area (Å²) < 4.78 is 0. The molecule has 0 aromatic carbocycles. The number of rotatable bonds is 15. The van der Waals surface area contributed by atoms with Crippen LogP contribution in [0.5, 0.6) is 0 Å². The van der Waals surface area contributed by atoms with Crippen molar-refractivity contribution in [2.24, 2.45) is 5.41 Å². The number of Topliss-reactive ketones (excluding diaryl/α,β-unsaturated/α-hetero) is 1. The predicted octanol–water partition coefficient (Wildman–Crippen LogP) is 4.30. The van der Waals surface area contributed by atoms with Gasteiger partial charge in [0.2, 0.25) is 5.91 Å². The SMILES string of the molecule is CC(=O)C(NC(=O)CCCCCCCCCCCCN1CCNCC1)C(C)(C)C. The van der Waals surface area contributed by atoms with Gasteiger partial charge in [0.25, 0.3) is 0 Å². The minimum Gasteiger partial charge on any atom is -0.346 e. The van der Waals surface area contributed by atoms with Gasteiger partial charge in [-0.15, -0.1) is 0 Å². The van der Waals surface area contributed by atoms with Gasteiger partial charge >= 0.3 is 0 Å². The number of carbonyl (C=O) groups excluding carboxylic acids is 2. The van der Waals surface area contributed by atoms with Crippen LogP contribution >= 0.6 is 0 Å². The minimum atomic E-state index is -0.383. The summed E-state index contributed by atoms with van der Waals surface area (Å²) in [6.45, 7) is 13.6. The first-order chi connectivity index (χ1) is 13.8. The Balaban J connectivity index is 1.89. The molecule has 0 bridgehead atoms. The van der Waals surface area contributed by atoms with Crippen molar-refractivity contribution in [2.45, 2.75) is 104 Å². The Bertz CT molecular complexity index is 454. The molecule has 1 fully saturated rings. The third-order valence-electron chi connectivity index (χ3n) is 5.92. The maximum Gasteiger partial charge on any atom is 0.220 e.